The van der Waals surface area contributed by atoms with E-state index in [1.807, 2.05) is 0 Å². The first-order chi connectivity index (χ1) is 13.3. The van der Waals surface area contributed by atoms with Crippen molar-refractivity contribution in [3.8, 4) is 5.75 Å². The number of aromatic nitrogens is 1. The number of hydrogen-bond donors (Lipinski definition) is 3. The molecule has 5 heteroatoms. The average Bonchev–Trinajstić information content (AvgIpc) is 3.08. The molecule has 150 valence electrons. The molecule has 0 bridgehead atoms. The van der Waals surface area contributed by atoms with E-state index < -0.39 is 11.7 Å². The standard InChI is InChI=1S/C23H30N2O3/c1-15-5-16(2)7-17(6-15)8-23(28)9-18-12-25(13-19(18)10-23)14-22(27)21-4-3-20(26)11-24-21/h3-7,11,18-19,22,26-28H,8-10,12-14H2,1-2H3/t18-,19+,22?,23+. The molecule has 1 aromatic carbocycles. The molecular formula is C23H30N2O3. The Hall–Kier alpha value is -1.95. The molecule has 1 saturated carbocycles. The maximum Gasteiger partial charge on any atom is 0.133 e. The largest absolute Gasteiger partial charge is 0.506 e. The van der Waals surface area contributed by atoms with E-state index in [4.69, 9.17) is 0 Å². The molecule has 2 heterocycles. The molecule has 1 unspecified atom stereocenters. The van der Waals surface area contributed by atoms with Crippen LogP contribution < -0.4 is 0 Å². The van der Waals surface area contributed by atoms with Crippen LogP contribution in [0, 0.1) is 25.7 Å². The van der Waals surface area contributed by atoms with Crippen LogP contribution in [0.2, 0.25) is 0 Å². The molecule has 4 rings (SSSR count). The summed E-state index contributed by atoms with van der Waals surface area (Å²) in [4.78, 5) is 6.39. The van der Waals surface area contributed by atoms with Gasteiger partial charge >= 0.3 is 0 Å². The number of aliphatic hydroxyl groups is 2. The number of nitrogens with zero attached hydrogens (tertiary/aromatic N) is 2. The molecular weight excluding hydrogens is 352 g/mol. The summed E-state index contributed by atoms with van der Waals surface area (Å²) in [6, 6.07) is 9.76. The van der Waals surface area contributed by atoms with Crippen LogP contribution in [0.25, 0.3) is 0 Å². The fraction of sp³-hybridized carbons (Fsp3) is 0.522. The number of likely N-dealkylation sites (tertiary alicyclic amines) is 1. The van der Waals surface area contributed by atoms with Crippen LogP contribution in [-0.4, -0.2) is 50.4 Å². The van der Waals surface area contributed by atoms with Gasteiger partial charge in [-0.05, 0) is 56.2 Å². The average molecular weight is 383 g/mol. The fourth-order valence-corrected chi connectivity index (χ4v) is 5.33. The molecule has 4 atom stereocenters. The van der Waals surface area contributed by atoms with Gasteiger partial charge in [0.1, 0.15) is 11.9 Å². The highest BCUT2D eigenvalue weighted by molar-refractivity contribution is 5.30. The molecule has 1 saturated heterocycles. The van der Waals surface area contributed by atoms with Gasteiger partial charge in [-0.1, -0.05) is 29.3 Å². The van der Waals surface area contributed by atoms with E-state index in [0.717, 1.165) is 32.4 Å². The Morgan fingerprint density at radius 2 is 1.75 bits per heavy atom. The first-order valence-corrected chi connectivity index (χ1v) is 10.1. The van der Waals surface area contributed by atoms with Crippen molar-refractivity contribution < 1.29 is 15.3 Å². The molecule has 0 radical (unpaired) electrons. The lowest BCUT2D eigenvalue weighted by Crippen LogP contribution is -2.33. The highest BCUT2D eigenvalue weighted by atomic mass is 16.3. The SMILES string of the molecule is Cc1cc(C)cc(C[C@@]2(O)C[C@H]3CN(CC(O)c4ccc(O)cn4)C[C@H]3C2)c1. The third-order valence-corrected chi connectivity index (χ3v) is 6.29. The van der Waals surface area contributed by atoms with Gasteiger partial charge < -0.3 is 15.3 Å². The highest BCUT2D eigenvalue weighted by Gasteiger charge is 2.48. The summed E-state index contributed by atoms with van der Waals surface area (Å²) in [7, 11) is 0. The molecule has 1 aliphatic heterocycles. The fourth-order valence-electron chi connectivity index (χ4n) is 5.33. The number of rotatable bonds is 5. The van der Waals surface area contributed by atoms with Gasteiger partial charge in [-0.15, -0.1) is 0 Å². The molecule has 0 amide bonds. The molecule has 0 spiro atoms. The predicted octanol–water partition coefficient (Wildman–Crippen LogP) is 2.75. The quantitative estimate of drug-likeness (QED) is 0.741. The van der Waals surface area contributed by atoms with Gasteiger partial charge in [-0.2, -0.15) is 0 Å². The van der Waals surface area contributed by atoms with Gasteiger partial charge in [0.2, 0.25) is 0 Å². The van der Waals surface area contributed by atoms with Gasteiger partial charge in [0.15, 0.2) is 0 Å². The first kappa shape index (κ1) is 19.4. The van der Waals surface area contributed by atoms with Gasteiger partial charge in [-0.25, -0.2) is 0 Å². The minimum Gasteiger partial charge on any atom is -0.506 e. The lowest BCUT2D eigenvalue weighted by molar-refractivity contribution is 0.0327. The van der Waals surface area contributed by atoms with E-state index in [2.05, 4.69) is 41.9 Å². The van der Waals surface area contributed by atoms with E-state index in [-0.39, 0.29) is 5.75 Å². The van der Waals surface area contributed by atoms with Crippen molar-refractivity contribution in [2.75, 3.05) is 19.6 Å². The summed E-state index contributed by atoms with van der Waals surface area (Å²) in [5.41, 5.74) is 3.70. The second-order valence-electron chi connectivity index (χ2n) is 9.00. The first-order valence-electron chi connectivity index (χ1n) is 10.1. The zero-order chi connectivity index (χ0) is 19.9. The molecule has 1 aliphatic carbocycles. The Morgan fingerprint density at radius 3 is 2.32 bits per heavy atom. The number of β-amino-alcohol motifs (C(OH)–C–C–N with tert-alkyl or cyclic N) is 1. The van der Waals surface area contributed by atoms with Gasteiger partial charge in [0.05, 0.1) is 17.5 Å². The second-order valence-corrected chi connectivity index (χ2v) is 9.00. The van der Waals surface area contributed by atoms with Crippen molar-refractivity contribution in [1.29, 1.82) is 0 Å². The van der Waals surface area contributed by atoms with Crippen molar-refractivity contribution >= 4 is 0 Å². The van der Waals surface area contributed by atoms with Crippen LogP contribution in [0.3, 0.4) is 0 Å². The summed E-state index contributed by atoms with van der Waals surface area (Å²) in [6.07, 6.45) is 3.09. The Bertz CT molecular complexity index is 802. The van der Waals surface area contributed by atoms with Crippen LogP contribution >= 0.6 is 0 Å². The van der Waals surface area contributed by atoms with Crippen LogP contribution in [0.15, 0.2) is 36.5 Å². The number of pyridine rings is 1. The van der Waals surface area contributed by atoms with E-state index in [9.17, 15) is 15.3 Å². The zero-order valence-corrected chi connectivity index (χ0v) is 16.7. The second kappa shape index (κ2) is 7.47. The predicted molar refractivity (Wildman–Crippen MR) is 108 cm³/mol. The lowest BCUT2D eigenvalue weighted by Gasteiger charge is -2.27. The molecule has 28 heavy (non-hydrogen) atoms. The molecule has 3 N–H and O–H groups in total. The molecule has 2 aromatic rings. The van der Waals surface area contributed by atoms with Crippen LogP contribution in [-0.2, 0) is 6.42 Å². The van der Waals surface area contributed by atoms with Crippen molar-refractivity contribution in [2.45, 2.75) is 44.8 Å². The monoisotopic (exact) mass is 382 g/mol. The van der Waals surface area contributed by atoms with Gasteiger partial charge in [0, 0.05) is 26.1 Å². The number of hydrogen-bond acceptors (Lipinski definition) is 5. The third kappa shape index (κ3) is 4.22. The van der Waals surface area contributed by atoms with Crippen LogP contribution in [0.4, 0.5) is 0 Å². The highest BCUT2D eigenvalue weighted by Crippen LogP contribution is 2.45. The summed E-state index contributed by atoms with van der Waals surface area (Å²) in [5.74, 6) is 1.07. The van der Waals surface area contributed by atoms with Crippen molar-refractivity contribution in [3.05, 3.63) is 58.9 Å². The molecule has 2 fully saturated rings. The van der Waals surface area contributed by atoms with E-state index in [0.29, 0.717) is 24.1 Å². The number of aliphatic hydroxyl groups excluding tert-OH is 1. The Kier molecular flexibility index (Phi) is 5.17. The molecule has 1 aromatic heterocycles. The van der Waals surface area contributed by atoms with E-state index in [1.54, 1.807) is 12.1 Å². The maximum absolute atomic E-state index is 11.2. The number of fused-ring (bicyclic) bond motifs is 1. The normalized spacial score (nSPS) is 28.4. The lowest BCUT2D eigenvalue weighted by atomic mass is 9.90. The minimum absolute atomic E-state index is 0.106. The summed E-state index contributed by atoms with van der Waals surface area (Å²) >= 11 is 0. The van der Waals surface area contributed by atoms with Crippen molar-refractivity contribution in [1.82, 2.24) is 9.88 Å². The number of benzene rings is 1. The summed E-state index contributed by atoms with van der Waals surface area (Å²) in [6.45, 7) is 6.58. The molecule has 5 nitrogen and oxygen atoms in total. The Balaban J connectivity index is 1.34. The van der Waals surface area contributed by atoms with Crippen LogP contribution in [0.5, 0.6) is 5.75 Å². The number of aromatic hydroxyl groups is 1. The molecule has 2 aliphatic rings. The summed E-state index contributed by atoms with van der Waals surface area (Å²) < 4.78 is 0. The van der Waals surface area contributed by atoms with Crippen molar-refractivity contribution in [3.63, 3.8) is 0 Å². The smallest absolute Gasteiger partial charge is 0.133 e. The zero-order valence-electron chi connectivity index (χ0n) is 16.7. The van der Waals surface area contributed by atoms with E-state index in [1.165, 1.54) is 22.9 Å². The topological polar surface area (TPSA) is 76.8 Å². The number of aryl methyl sites for hydroxylation is 2. The Morgan fingerprint density at radius 1 is 1.11 bits per heavy atom. The Labute approximate surface area is 166 Å². The maximum atomic E-state index is 11.2. The van der Waals surface area contributed by atoms with E-state index >= 15 is 0 Å². The van der Waals surface area contributed by atoms with Crippen molar-refractivity contribution in [2.24, 2.45) is 11.8 Å². The van der Waals surface area contributed by atoms with Gasteiger partial charge in [-0.3, -0.25) is 9.88 Å². The minimum atomic E-state index is -0.659. The van der Waals surface area contributed by atoms with Gasteiger partial charge in [0.25, 0.3) is 0 Å². The van der Waals surface area contributed by atoms with Crippen LogP contribution in [0.1, 0.15) is 41.3 Å². The third-order valence-electron chi connectivity index (χ3n) is 6.29. The summed E-state index contributed by atoms with van der Waals surface area (Å²) in [5, 5.41) is 31.0.